The summed E-state index contributed by atoms with van der Waals surface area (Å²) in [5.74, 6) is -0.967. The minimum atomic E-state index is -0.808. The van der Waals surface area contributed by atoms with E-state index in [1.54, 1.807) is 0 Å². The smallest absolute Gasteiger partial charge is 0.306 e. The van der Waals surface area contributed by atoms with Gasteiger partial charge in [0.25, 0.3) is 0 Å². The fraction of sp³-hybridized carbons (Fsp3) is 0.750. The molecule has 0 radical (unpaired) electrons. The van der Waals surface area contributed by atoms with Crippen LogP contribution < -0.4 is 0 Å². The van der Waals surface area contributed by atoms with E-state index in [0.717, 1.165) is 77.0 Å². The molecule has 0 amide bonds. The topological polar surface area (TPSA) is 78.9 Å². The average Bonchev–Trinajstić information content (AvgIpc) is 3.31. The number of ether oxygens (including phenoxy) is 3. The Morgan fingerprint density at radius 3 is 0.939 bits per heavy atom. The molecular weight excluding hydrogens is 817 g/mol. The predicted octanol–water partition coefficient (Wildman–Crippen LogP) is 18.6. The van der Waals surface area contributed by atoms with Gasteiger partial charge >= 0.3 is 17.9 Å². The number of hydrogen-bond donors (Lipinski definition) is 0. The first kappa shape index (κ1) is 62.8. The van der Waals surface area contributed by atoms with Crippen LogP contribution in [0, 0.1) is 0 Å². The molecule has 0 heterocycles. The minimum absolute atomic E-state index is 0.102. The zero-order valence-electron chi connectivity index (χ0n) is 43.4. The molecule has 1 unspecified atom stereocenters. The van der Waals surface area contributed by atoms with Crippen molar-refractivity contribution in [3.05, 3.63) is 72.9 Å². The molecule has 380 valence electrons. The molecule has 66 heavy (non-hydrogen) atoms. The summed E-state index contributed by atoms with van der Waals surface area (Å²) in [6, 6.07) is 0. The first-order valence-corrected chi connectivity index (χ1v) is 27.9. The summed E-state index contributed by atoms with van der Waals surface area (Å²) in [7, 11) is 0. The Morgan fingerprint density at radius 2 is 0.561 bits per heavy atom. The van der Waals surface area contributed by atoms with E-state index in [-0.39, 0.29) is 37.5 Å². The summed E-state index contributed by atoms with van der Waals surface area (Å²) in [4.78, 5) is 38.0. The van der Waals surface area contributed by atoms with Crippen molar-refractivity contribution < 1.29 is 28.6 Å². The van der Waals surface area contributed by atoms with Crippen molar-refractivity contribution in [2.45, 2.75) is 277 Å². The Hall–Kier alpha value is -3.15. The van der Waals surface area contributed by atoms with Crippen LogP contribution in [-0.4, -0.2) is 37.2 Å². The molecule has 0 aromatic carbocycles. The fourth-order valence-electron chi connectivity index (χ4n) is 7.66. The number of rotatable bonds is 50. The molecule has 0 aliphatic heterocycles. The summed E-state index contributed by atoms with van der Waals surface area (Å²) in [5, 5.41) is 0. The second-order valence-corrected chi connectivity index (χ2v) is 18.5. The van der Waals surface area contributed by atoms with Crippen molar-refractivity contribution in [1.29, 1.82) is 0 Å². The average molecular weight is 921 g/mol. The van der Waals surface area contributed by atoms with E-state index in [1.807, 2.05) is 0 Å². The third-order valence-electron chi connectivity index (χ3n) is 11.9. The standard InChI is InChI=1S/C60H104O6/c1-4-7-10-13-16-19-22-25-27-29-30-32-33-35-38-41-44-47-50-53-59(62)65-56-57(55-64-58(61)52-49-46-43-40-37-24-21-18-15-12-9-6-3)66-60(63)54-51-48-45-42-39-36-34-31-28-26-23-20-17-14-11-8-5-2/h17-18,20-21,26,28-30,34,36,42,45,57H,4-16,19,22-25,27,31-33,35,37-41,43-44,46-56H2,1-3H3/b20-17-,21-18-,28-26-,30-29-,36-34-,45-42-. The molecule has 0 aromatic rings. The van der Waals surface area contributed by atoms with Gasteiger partial charge in [-0.05, 0) is 109 Å². The lowest BCUT2D eigenvalue weighted by Gasteiger charge is -2.18. The van der Waals surface area contributed by atoms with Gasteiger partial charge in [-0.1, -0.05) is 216 Å². The molecule has 6 nitrogen and oxygen atoms in total. The summed E-state index contributed by atoms with van der Waals surface area (Å²) < 4.78 is 16.8. The molecule has 6 heteroatoms. The van der Waals surface area contributed by atoms with Crippen molar-refractivity contribution >= 4 is 17.9 Å². The summed E-state index contributed by atoms with van der Waals surface area (Å²) in [6.07, 6.45) is 68.9. The van der Waals surface area contributed by atoms with E-state index >= 15 is 0 Å². The van der Waals surface area contributed by atoms with Gasteiger partial charge in [0.15, 0.2) is 6.10 Å². The quantitative estimate of drug-likeness (QED) is 0.0262. The lowest BCUT2D eigenvalue weighted by Crippen LogP contribution is -2.30. The predicted molar refractivity (Wildman–Crippen MR) is 284 cm³/mol. The molecule has 0 fully saturated rings. The Kier molecular flexibility index (Phi) is 51.9. The third-order valence-corrected chi connectivity index (χ3v) is 11.9. The SMILES string of the molecule is CCCCC/C=C\C/C=C\C/C=C\C/C=C\CCCC(=O)OC(COC(=O)CCCCCCC/C=C\CCCCC)COC(=O)CCCCCCCCC/C=C\CCCCCCCCCC. The number of carbonyl (C=O) groups is 3. The van der Waals surface area contributed by atoms with Gasteiger partial charge in [0.05, 0.1) is 0 Å². The maximum atomic E-state index is 12.8. The van der Waals surface area contributed by atoms with Crippen LogP contribution >= 0.6 is 0 Å². The number of hydrogen-bond acceptors (Lipinski definition) is 6. The van der Waals surface area contributed by atoms with Gasteiger partial charge in [0, 0.05) is 19.3 Å². The Bertz CT molecular complexity index is 1240. The molecule has 0 aliphatic rings. The number of unbranched alkanes of at least 4 members (excludes halogenated alkanes) is 27. The van der Waals surface area contributed by atoms with Gasteiger partial charge in [-0.15, -0.1) is 0 Å². The Balaban J connectivity index is 4.44. The van der Waals surface area contributed by atoms with Crippen molar-refractivity contribution in [3.8, 4) is 0 Å². The molecule has 0 N–H and O–H groups in total. The maximum absolute atomic E-state index is 12.8. The van der Waals surface area contributed by atoms with Gasteiger partial charge in [-0.3, -0.25) is 14.4 Å². The fourth-order valence-corrected chi connectivity index (χ4v) is 7.66. The monoisotopic (exact) mass is 921 g/mol. The van der Waals surface area contributed by atoms with E-state index in [1.165, 1.54) is 148 Å². The van der Waals surface area contributed by atoms with Gasteiger partial charge in [-0.2, -0.15) is 0 Å². The van der Waals surface area contributed by atoms with Gasteiger partial charge < -0.3 is 14.2 Å². The highest BCUT2D eigenvalue weighted by atomic mass is 16.6. The highest BCUT2D eigenvalue weighted by Crippen LogP contribution is 2.14. The molecule has 0 saturated carbocycles. The Morgan fingerprint density at radius 1 is 0.303 bits per heavy atom. The summed E-state index contributed by atoms with van der Waals surface area (Å²) in [5.41, 5.74) is 0. The van der Waals surface area contributed by atoms with Crippen molar-refractivity contribution in [2.75, 3.05) is 13.2 Å². The molecule has 0 rings (SSSR count). The van der Waals surface area contributed by atoms with E-state index in [2.05, 4.69) is 93.7 Å². The highest BCUT2D eigenvalue weighted by Gasteiger charge is 2.19. The van der Waals surface area contributed by atoms with E-state index in [0.29, 0.717) is 19.3 Å². The van der Waals surface area contributed by atoms with E-state index in [4.69, 9.17) is 14.2 Å². The maximum Gasteiger partial charge on any atom is 0.306 e. The first-order valence-electron chi connectivity index (χ1n) is 27.9. The van der Waals surface area contributed by atoms with Gasteiger partial charge in [0.1, 0.15) is 13.2 Å². The van der Waals surface area contributed by atoms with E-state index < -0.39 is 6.10 Å². The van der Waals surface area contributed by atoms with E-state index in [9.17, 15) is 14.4 Å². The number of carbonyl (C=O) groups excluding carboxylic acids is 3. The number of esters is 3. The van der Waals surface area contributed by atoms with Crippen molar-refractivity contribution in [2.24, 2.45) is 0 Å². The van der Waals surface area contributed by atoms with Crippen molar-refractivity contribution in [3.63, 3.8) is 0 Å². The zero-order valence-corrected chi connectivity index (χ0v) is 43.4. The summed E-state index contributed by atoms with van der Waals surface area (Å²) >= 11 is 0. The van der Waals surface area contributed by atoms with Crippen LogP contribution in [0.1, 0.15) is 271 Å². The van der Waals surface area contributed by atoms with Crippen LogP contribution in [-0.2, 0) is 28.6 Å². The Labute approximate surface area is 408 Å². The van der Waals surface area contributed by atoms with Gasteiger partial charge in [0.2, 0.25) is 0 Å². The zero-order chi connectivity index (χ0) is 47.9. The van der Waals surface area contributed by atoms with Crippen LogP contribution in [0.2, 0.25) is 0 Å². The number of allylic oxidation sites excluding steroid dienone is 12. The first-order chi connectivity index (χ1) is 32.5. The molecule has 0 aliphatic carbocycles. The second kappa shape index (κ2) is 54.5. The normalized spacial score (nSPS) is 12.6. The molecule has 0 saturated heterocycles. The lowest BCUT2D eigenvalue weighted by atomic mass is 10.1. The van der Waals surface area contributed by atoms with Crippen LogP contribution in [0.4, 0.5) is 0 Å². The third kappa shape index (κ3) is 51.8. The van der Waals surface area contributed by atoms with Gasteiger partial charge in [-0.25, -0.2) is 0 Å². The lowest BCUT2D eigenvalue weighted by molar-refractivity contribution is -0.167. The van der Waals surface area contributed by atoms with Crippen LogP contribution in [0.5, 0.6) is 0 Å². The van der Waals surface area contributed by atoms with Crippen LogP contribution in [0.25, 0.3) is 0 Å². The molecular formula is C60H104O6. The summed E-state index contributed by atoms with van der Waals surface area (Å²) in [6.45, 7) is 6.54. The van der Waals surface area contributed by atoms with Crippen LogP contribution in [0.15, 0.2) is 72.9 Å². The molecule has 0 spiro atoms. The largest absolute Gasteiger partial charge is 0.462 e. The molecule has 1 atom stereocenters. The molecule has 0 aromatic heterocycles. The van der Waals surface area contributed by atoms with Crippen LogP contribution in [0.3, 0.4) is 0 Å². The minimum Gasteiger partial charge on any atom is -0.462 e. The molecule has 0 bridgehead atoms. The van der Waals surface area contributed by atoms with Crippen molar-refractivity contribution in [1.82, 2.24) is 0 Å². The highest BCUT2D eigenvalue weighted by molar-refractivity contribution is 5.71. The second-order valence-electron chi connectivity index (χ2n) is 18.5.